The fourth-order valence-corrected chi connectivity index (χ4v) is 1.84. The standard InChI is InChI=1S/C15H18ClNO5/c1-3-21-14(19)9-13(18)17(10-15(20)22-4-2)12-7-5-11(16)6-8-12/h5-8H,3-4,9-10H2,1-2H3. The third-order valence-electron chi connectivity index (χ3n) is 2.63. The van der Waals surface area contributed by atoms with E-state index < -0.39 is 24.3 Å². The second-order valence-electron chi connectivity index (χ2n) is 4.24. The number of hydrogen-bond donors (Lipinski definition) is 0. The number of carbonyl (C=O) groups excluding carboxylic acids is 3. The summed E-state index contributed by atoms with van der Waals surface area (Å²) in [6, 6.07) is 6.36. The zero-order valence-electron chi connectivity index (χ0n) is 12.5. The molecule has 6 nitrogen and oxygen atoms in total. The summed E-state index contributed by atoms with van der Waals surface area (Å²) in [5.74, 6) is -1.75. The first-order chi connectivity index (χ1) is 10.5. The summed E-state index contributed by atoms with van der Waals surface area (Å²) in [6.07, 6.45) is -0.449. The van der Waals surface area contributed by atoms with E-state index in [1.165, 1.54) is 4.90 Å². The number of carbonyl (C=O) groups is 3. The number of rotatable bonds is 7. The minimum atomic E-state index is -0.643. The minimum Gasteiger partial charge on any atom is -0.466 e. The summed E-state index contributed by atoms with van der Waals surface area (Å²) >= 11 is 5.81. The molecule has 0 aromatic heterocycles. The number of anilines is 1. The van der Waals surface area contributed by atoms with Crippen molar-refractivity contribution in [3.8, 4) is 0 Å². The number of hydrogen-bond acceptors (Lipinski definition) is 5. The maximum Gasteiger partial charge on any atom is 0.326 e. The van der Waals surface area contributed by atoms with Crippen LogP contribution in [-0.4, -0.2) is 37.6 Å². The maximum absolute atomic E-state index is 12.2. The number of ether oxygens (including phenoxy) is 2. The highest BCUT2D eigenvalue weighted by atomic mass is 35.5. The molecule has 1 aromatic carbocycles. The molecule has 0 aliphatic rings. The highest BCUT2D eigenvalue weighted by Crippen LogP contribution is 2.19. The largest absolute Gasteiger partial charge is 0.466 e. The van der Waals surface area contributed by atoms with Crippen LogP contribution in [0.4, 0.5) is 5.69 Å². The highest BCUT2D eigenvalue weighted by Gasteiger charge is 2.22. The fraction of sp³-hybridized carbons (Fsp3) is 0.400. The Morgan fingerprint density at radius 1 is 1.00 bits per heavy atom. The number of nitrogens with zero attached hydrogens (tertiary/aromatic N) is 1. The molecule has 0 bridgehead atoms. The summed E-state index contributed by atoms with van der Waals surface area (Å²) in [6.45, 7) is 3.43. The fourth-order valence-electron chi connectivity index (χ4n) is 1.71. The van der Waals surface area contributed by atoms with Crippen LogP contribution < -0.4 is 4.90 Å². The van der Waals surface area contributed by atoms with Gasteiger partial charge in [0.1, 0.15) is 13.0 Å². The van der Waals surface area contributed by atoms with Gasteiger partial charge in [0, 0.05) is 10.7 Å². The molecule has 0 unspecified atom stereocenters. The predicted octanol–water partition coefficient (Wildman–Crippen LogP) is 2.19. The quantitative estimate of drug-likeness (QED) is 0.567. The number of benzene rings is 1. The maximum atomic E-state index is 12.2. The normalized spacial score (nSPS) is 9.95. The molecule has 120 valence electrons. The Balaban J connectivity index is 2.90. The van der Waals surface area contributed by atoms with Gasteiger partial charge in [-0.15, -0.1) is 0 Å². The Kier molecular flexibility index (Phi) is 7.39. The van der Waals surface area contributed by atoms with Crippen LogP contribution >= 0.6 is 11.6 Å². The minimum absolute atomic E-state index is 0.185. The van der Waals surface area contributed by atoms with Gasteiger partial charge in [-0.3, -0.25) is 14.4 Å². The van der Waals surface area contributed by atoms with Crippen LogP contribution in [0.2, 0.25) is 5.02 Å². The molecule has 22 heavy (non-hydrogen) atoms. The lowest BCUT2D eigenvalue weighted by molar-refractivity contribution is -0.147. The van der Waals surface area contributed by atoms with Crippen LogP contribution in [0.25, 0.3) is 0 Å². The zero-order chi connectivity index (χ0) is 16.5. The summed E-state index contributed by atoms with van der Waals surface area (Å²) in [7, 11) is 0. The molecule has 0 heterocycles. The van der Waals surface area contributed by atoms with Crippen molar-refractivity contribution in [2.24, 2.45) is 0 Å². The third-order valence-corrected chi connectivity index (χ3v) is 2.88. The second-order valence-corrected chi connectivity index (χ2v) is 4.68. The van der Waals surface area contributed by atoms with Crippen molar-refractivity contribution >= 4 is 35.1 Å². The molecule has 0 saturated carbocycles. The van der Waals surface area contributed by atoms with Crippen molar-refractivity contribution in [3.05, 3.63) is 29.3 Å². The molecule has 1 aromatic rings. The van der Waals surface area contributed by atoms with Gasteiger partial charge < -0.3 is 14.4 Å². The van der Waals surface area contributed by atoms with E-state index in [-0.39, 0.29) is 19.8 Å². The average Bonchev–Trinajstić information content (AvgIpc) is 2.46. The Labute approximate surface area is 133 Å². The molecule has 0 saturated heterocycles. The lowest BCUT2D eigenvalue weighted by Crippen LogP contribution is -2.37. The van der Waals surface area contributed by atoms with Gasteiger partial charge in [-0.05, 0) is 38.1 Å². The van der Waals surface area contributed by atoms with Crippen LogP contribution in [0.3, 0.4) is 0 Å². The molecule has 0 radical (unpaired) electrons. The first-order valence-electron chi connectivity index (χ1n) is 6.85. The van der Waals surface area contributed by atoms with Crippen molar-refractivity contribution in [2.75, 3.05) is 24.7 Å². The van der Waals surface area contributed by atoms with Crippen molar-refractivity contribution in [3.63, 3.8) is 0 Å². The van der Waals surface area contributed by atoms with Crippen molar-refractivity contribution < 1.29 is 23.9 Å². The second kappa shape index (κ2) is 9.04. The first-order valence-corrected chi connectivity index (χ1v) is 7.22. The lowest BCUT2D eigenvalue weighted by atomic mass is 10.2. The Bertz CT molecular complexity index is 529. The van der Waals surface area contributed by atoms with E-state index >= 15 is 0 Å². The van der Waals surface area contributed by atoms with Crippen LogP contribution in [0.5, 0.6) is 0 Å². The van der Waals surface area contributed by atoms with Crippen LogP contribution in [0, 0.1) is 0 Å². The van der Waals surface area contributed by atoms with Gasteiger partial charge >= 0.3 is 11.9 Å². The zero-order valence-corrected chi connectivity index (χ0v) is 13.3. The smallest absolute Gasteiger partial charge is 0.326 e. The van der Waals surface area contributed by atoms with Gasteiger partial charge in [0.05, 0.1) is 13.2 Å². The van der Waals surface area contributed by atoms with E-state index in [1.54, 1.807) is 38.1 Å². The molecule has 0 spiro atoms. The summed E-state index contributed by atoms with van der Waals surface area (Å²) < 4.78 is 9.59. The molecule has 0 aliphatic heterocycles. The lowest BCUT2D eigenvalue weighted by Gasteiger charge is -2.21. The van der Waals surface area contributed by atoms with Crippen molar-refractivity contribution in [1.29, 1.82) is 0 Å². The van der Waals surface area contributed by atoms with E-state index in [4.69, 9.17) is 21.1 Å². The molecular weight excluding hydrogens is 310 g/mol. The molecule has 0 atom stereocenters. The van der Waals surface area contributed by atoms with Crippen molar-refractivity contribution in [2.45, 2.75) is 20.3 Å². The molecule has 1 rings (SSSR count). The first kappa shape index (κ1) is 18.0. The monoisotopic (exact) mass is 327 g/mol. The SMILES string of the molecule is CCOC(=O)CC(=O)N(CC(=O)OCC)c1ccc(Cl)cc1. The van der Waals surface area contributed by atoms with Gasteiger partial charge in [0.2, 0.25) is 5.91 Å². The van der Waals surface area contributed by atoms with Crippen LogP contribution in [0.15, 0.2) is 24.3 Å². The Morgan fingerprint density at radius 2 is 1.55 bits per heavy atom. The highest BCUT2D eigenvalue weighted by molar-refractivity contribution is 6.30. The molecule has 0 aliphatic carbocycles. The third kappa shape index (κ3) is 5.73. The average molecular weight is 328 g/mol. The molecule has 7 heteroatoms. The Morgan fingerprint density at radius 3 is 2.09 bits per heavy atom. The van der Waals surface area contributed by atoms with Gasteiger partial charge in [-0.1, -0.05) is 11.6 Å². The van der Waals surface area contributed by atoms with Gasteiger partial charge in [-0.25, -0.2) is 0 Å². The van der Waals surface area contributed by atoms with Gasteiger partial charge in [-0.2, -0.15) is 0 Å². The summed E-state index contributed by atoms with van der Waals surface area (Å²) in [4.78, 5) is 36.5. The summed E-state index contributed by atoms with van der Waals surface area (Å²) in [5.41, 5.74) is 0.451. The predicted molar refractivity (Wildman–Crippen MR) is 81.7 cm³/mol. The molecule has 0 N–H and O–H groups in total. The van der Waals surface area contributed by atoms with Gasteiger partial charge in [0.25, 0.3) is 0 Å². The van der Waals surface area contributed by atoms with Gasteiger partial charge in [0.15, 0.2) is 0 Å². The molecule has 1 amide bonds. The number of halogens is 1. The van der Waals surface area contributed by atoms with Crippen molar-refractivity contribution in [1.82, 2.24) is 0 Å². The molecule has 0 fully saturated rings. The van der Waals surface area contributed by atoms with E-state index in [0.717, 1.165) is 0 Å². The van der Waals surface area contributed by atoms with E-state index in [1.807, 2.05) is 0 Å². The number of amides is 1. The van der Waals surface area contributed by atoms with E-state index in [2.05, 4.69) is 0 Å². The van der Waals surface area contributed by atoms with E-state index in [0.29, 0.717) is 10.7 Å². The topological polar surface area (TPSA) is 72.9 Å². The van der Waals surface area contributed by atoms with Crippen LogP contribution in [0.1, 0.15) is 20.3 Å². The Hall–Kier alpha value is -2.08. The summed E-state index contributed by atoms with van der Waals surface area (Å²) in [5, 5.41) is 0.498. The number of esters is 2. The molecular formula is C15H18ClNO5. The van der Waals surface area contributed by atoms with E-state index in [9.17, 15) is 14.4 Å². The van der Waals surface area contributed by atoms with Crippen LogP contribution in [-0.2, 0) is 23.9 Å².